The van der Waals surface area contributed by atoms with Gasteiger partial charge in [0, 0.05) is 35.4 Å². The SMILES string of the molecule is COc1ccc(OCCN(C)[C@@H](C)C[S@](C)=O)cc1. The molecule has 4 nitrogen and oxygen atoms in total. The molecular formula is C14H23NO3S. The Balaban J connectivity index is 2.30. The van der Waals surface area contributed by atoms with Crippen LogP contribution in [-0.4, -0.2) is 54.5 Å². The van der Waals surface area contributed by atoms with Gasteiger partial charge < -0.3 is 9.47 Å². The van der Waals surface area contributed by atoms with Crippen LogP contribution in [0.5, 0.6) is 11.5 Å². The van der Waals surface area contributed by atoms with Crippen LogP contribution in [0.3, 0.4) is 0 Å². The predicted molar refractivity (Wildman–Crippen MR) is 79.5 cm³/mol. The first-order chi connectivity index (χ1) is 9.02. The Morgan fingerprint density at radius 1 is 1.26 bits per heavy atom. The number of hydrogen-bond donors (Lipinski definition) is 0. The summed E-state index contributed by atoms with van der Waals surface area (Å²) < 4.78 is 21.9. The summed E-state index contributed by atoms with van der Waals surface area (Å²) in [6.07, 6.45) is 1.73. The van der Waals surface area contributed by atoms with Crippen LogP contribution in [-0.2, 0) is 10.8 Å². The van der Waals surface area contributed by atoms with Gasteiger partial charge in [-0.2, -0.15) is 0 Å². The Labute approximate surface area is 118 Å². The molecule has 0 aromatic heterocycles. The first-order valence-corrected chi connectivity index (χ1v) is 8.02. The first kappa shape index (κ1) is 16.0. The normalized spacial score (nSPS) is 14.2. The van der Waals surface area contributed by atoms with E-state index in [2.05, 4.69) is 11.8 Å². The summed E-state index contributed by atoms with van der Waals surface area (Å²) in [5.41, 5.74) is 0. The number of nitrogens with zero attached hydrogens (tertiary/aromatic N) is 1. The van der Waals surface area contributed by atoms with Gasteiger partial charge in [-0.25, -0.2) is 0 Å². The van der Waals surface area contributed by atoms with Crippen molar-refractivity contribution in [1.29, 1.82) is 0 Å². The maximum atomic E-state index is 11.2. The molecule has 0 heterocycles. The fraction of sp³-hybridized carbons (Fsp3) is 0.571. The Bertz CT molecular complexity index is 394. The minimum absolute atomic E-state index is 0.297. The van der Waals surface area contributed by atoms with Gasteiger partial charge in [-0.1, -0.05) is 0 Å². The van der Waals surface area contributed by atoms with Crippen LogP contribution in [0.25, 0.3) is 0 Å². The molecule has 0 saturated heterocycles. The van der Waals surface area contributed by atoms with Crippen molar-refractivity contribution >= 4 is 10.8 Å². The van der Waals surface area contributed by atoms with E-state index >= 15 is 0 Å². The molecule has 0 radical (unpaired) electrons. The molecule has 0 saturated carbocycles. The summed E-state index contributed by atoms with van der Waals surface area (Å²) in [5.74, 6) is 2.35. The molecule has 0 unspecified atom stereocenters. The van der Waals surface area contributed by atoms with Crippen LogP contribution in [0.1, 0.15) is 6.92 Å². The molecule has 2 atom stereocenters. The Hall–Kier alpha value is -1.07. The van der Waals surface area contributed by atoms with Gasteiger partial charge >= 0.3 is 0 Å². The van der Waals surface area contributed by atoms with Crippen molar-refractivity contribution in [2.24, 2.45) is 0 Å². The van der Waals surface area contributed by atoms with Crippen molar-refractivity contribution in [1.82, 2.24) is 4.90 Å². The van der Waals surface area contributed by atoms with Crippen LogP contribution in [0, 0.1) is 0 Å². The molecule has 0 aliphatic rings. The molecule has 1 aromatic carbocycles. The van der Waals surface area contributed by atoms with Crippen LogP contribution in [0.4, 0.5) is 0 Å². The lowest BCUT2D eigenvalue weighted by Crippen LogP contribution is -2.36. The maximum Gasteiger partial charge on any atom is 0.119 e. The van der Waals surface area contributed by atoms with E-state index in [-0.39, 0.29) is 0 Å². The lowest BCUT2D eigenvalue weighted by atomic mass is 10.3. The summed E-state index contributed by atoms with van der Waals surface area (Å²) in [6.45, 7) is 3.50. The van der Waals surface area contributed by atoms with Gasteiger partial charge in [0.15, 0.2) is 0 Å². The number of methoxy groups -OCH3 is 1. The van der Waals surface area contributed by atoms with Crippen molar-refractivity contribution in [3.8, 4) is 11.5 Å². The Morgan fingerprint density at radius 3 is 2.37 bits per heavy atom. The van der Waals surface area contributed by atoms with E-state index in [1.807, 2.05) is 31.3 Å². The van der Waals surface area contributed by atoms with Crippen LogP contribution < -0.4 is 9.47 Å². The second-order valence-corrected chi connectivity index (χ2v) is 6.07. The molecule has 1 rings (SSSR count). The molecule has 19 heavy (non-hydrogen) atoms. The molecule has 108 valence electrons. The molecule has 0 aliphatic carbocycles. The monoisotopic (exact) mass is 285 g/mol. The minimum Gasteiger partial charge on any atom is -0.497 e. The topological polar surface area (TPSA) is 38.8 Å². The zero-order valence-electron chi connectivity index (χ0n) is 12.1. The van der Waals surface area contributed by atoms with Gasteiger partial charge in [0.25, 0.3) is 0 Å². The summed E-state index contributed by atoms with van der Waals surface area (Å²) >= 11 is 0. The van der Waals surface area contributed by atoms with Gasteiger partial charge in [0.05, 0.1) is 7.11 Å². The summed E-state index contributed by atoms with van der Waals surface area (Å²) in [5, 5.41) is 0. The first-order valence-electron chi connectivity index (χ1n) is 6.30. The average molecular weight is 285 g/mol. The van der Waals surface area contributed by atoms with E-state index in [0.717, 1.165) is 18.0 Å². The largest absolute Gasteiger partial charge is 0.497 e. The number of rotatable bonds is 8. The average Bonchev–Trinajstić information content (AvgIpc) is 2.38. The van der Waals surface area contributed by atoms with Crippen molar-refractivity contribution in [2.45, 2.75) is 13.0 Å². The van der Waals surface area contributed by atoms with Crippen LogP contribution in [0.15, 0.2) is 24.3 Å². The van der Waals surface area contributed by atoms with E-state index in [9.17, 15) is 4.21 Å². The van der Waals surface area contributed by atoms with E-state index < -0.39 is 10.8 Å². The quantitative estimate of drug-likeness (QED) is 0.730. The fourth-order valence-corrected chi connectivity index (χ4v) is 2.60. The number of ether oxygens (including phenoxy) is 2. The van der Waals surface area contributed by atoms with Gasteiger partial charge in [-0.15, -0.1) is 0 Å². The van der Waals surface area contributed by atoms with Crippen molar-refractivity contribution < 1.29 is 13.7 Å². The lowest BCUT2D eigenvalue weighted by Gasteiger charge is -2.23. The van der Waals surface area contributed by atoms with Crippen molar-refractivity contribution in [3.63, 3.8) is 0 Å². The van der Waals surface area contributed by atoms with E-state index in [1.165, 1.54) is 0 Å². The number of hydrogen-bond acceptors (Lipinski definition) is 4. The smallest absolute Gasteiger partial charge is 0.119 e. The minimum atomic E-state index is -0.758. The van der Waals surface area contributed by atoms with E-state index in [1.54, 1.807) is 13.4 Å². The van der Waals surface area contributed by atoms with Gasteiger partial charge in [-0.05, 0) is 38.2 Å². The highest BCUT2D eigenvalue weighted by atomic mass is 32.2. The number of likely N-dealkylation sites (N-methyl/N-ethyl adjacent to an activating group) is 1. The van der Waals surface area contributed by atoms with E-state index in [0.29, 0.717) is 18.4 Å². The third-order valence-electron chi connectivity index (χ3n) is 3.00. The number of benzene rings is 1. The molecule has 0 N–H and O–H groups in total. The van der Waals surface area contributed by atoms with Crippen LogP contribution >= 0.6 is 0 Å². The van der Waals surface area contributed by atoms with Crippen molar-refractivity contribution in [3.05, 3.63) is 24.3 Å². The zero-order chi connectivity index (χ0) is 14.3. The highest BCUT2D eigenvalue weighted by Crippen LogP contribution is 2.16. The van der Waals surface area contributed by atoms with Gasteiger partial charge in [0.2, 0.25) is 0 Å². The summed E-state index contributed by atoms with van der Waals surface area (Å²) in [4.78, 5) is 2.16. The van der Waals surface area contributed by atoms with Crippen LogP contribution in [0.2, 0.25) is 0 Å². The van der Waals surface area contributed by atoms with Gasteiger partial charge in [0.1, 0.15) is 18.1 Å². The fourth-order valence-electron chi connectivity index (χ4n) is 1.67. The standard InChI is InChI=1S/C14H23NO3S/c1-12(11-19(4)16)15(2)9-10-18-14-7-5-13(17-3)6-8-14/h5-8,12H,9-11H2,1-4H3/t12-,19-/m0/s1. The lowest BCUT2D eigenvalue weighted by molar-refractivity contribution is 0.210. The third-order valence-corrected chi connectivity index (χ3v) is 3.95. The van der Waals surface area contributed by atoms with E-state index in [4.69, 9.17) is 9.47 Å². The van der Waals surface area contributed by atoms with Gasteiger partial charge in [-0.3, -0.25) is 9.11 Å². The molecule has 0 amide bonds. The predicted octanol–water partition coefficient (Wildman–Crippen LogP) is 1.77. The highest BCUT2D eigenvalue weighted by molar-refractivity contribution is 7.84. The highest BCUT2D eigenvalue weighted by Gasteiger charge is 2.10. The molecule has 0 spiro atoms. The zero-order valence-corrected chi connectivity index (χ0v) is 12.9. The molecule has 0 bridgehead atoms. The molecule has 5 heteroatoms. The molecule has 0 fully saturated rings. The van der Waals surface area contributed by atoms with Crippen molar-refractivity contribution in [2.75, 3.05) is 39.3 Å². The Kier molecular flexibility index (Phi) is 6.87. The summed E-state index contributed by atoms with van der Waals surface area (Å²) in [7, 11) is 2.91. The molecular weight excluding hydrogens is 262 g/mol. The molecule has 1 aromatic rings. The third kappa shape index (κ3) is 6.07. The maximum absolute atomic E-state index is 11.2. The molecule has 0 aliphatic heterocycles. The summed E-state index contributed by atoms with van der Waals surface area (Å²) in [6, 6.07) is 7.83. The Morgan fingerprint density at radius 2 is 1.84 bits per heavy atom. The second-order valence-electron chi connectivity index (χ2n) is 4.59. The second kappa shape index (κ2) is 8.17.